The van der Waals surface area contributed by atoms with Gasteiger partial charge in [0.25, 0.3) is 0 Å². The lowest BCUT2D eigenvalue weighted by molar-refractivity contribution is 0.580. The van der Waals surface area contributed by atoms with Crippen LogP contribution in [-0.4, -0.2) is 15.8 Å². The van der Waals surface area contributed by atoms with Crippen molar-refractivity contribution in [2.75, 3.05) is 10.6 Å². The van der Waals surface area contributed by atoms with E-state index in [1.54, 1.807) is 0 Å². The molecule has 0 bridgehead atoms. The van der Waals surface area contributed by atoms with Crippen LogP contribution in [0.25, 0.3) is 0 Å². The van der Waals surface area contributed by atoms with E-state index in [9.17, 15) is 0 Å². The van der Waals surface area contributed by atoms with Crippen LogP contribution in [0.5, 0.6) is 0 Å². The summed E-state index contributed by atoms with van der Waals surface area (Å²) in [5.41, 5.74) is 10.7. The van der Waals surface area contributed by atoms with Crippen molar-refractivity contribution >= 4 is 17.2 Å². The maximum absolute atomic E-state index is 6.30. The average Bonchev–Trinajstić information content (AvgIpc) is 2.74. The summed E-state index contributed by atoms with van der Waals surface area (Å²) in [5, 5.41) is 4.56. The van der Waals surface area contributed by atoms with Crippen LogP contribution in [0.1, 0.15) is 31.5 Å². The van der Waals surface area contributed by atoms with E-state index < -0.39 is 0 Å². The molecule has 2 aromatic rings. The van der Waals surface area contributed by atoms with E-state index in [1.807, 2.05) is 11.6 Å². The van der Waals surface area contributed by atoms with Gasteiger partial charge in [0.15, 0.2) is 5.82 Å². The molecule has 0 spiro atoms. The molecule has 1 aromatic carbocycles. The Kier molecular flexibility index (Phi) is 3.16. The number of nitrogens with two attached hydrogens (primary N) is 1. The van der Waals surface area contributed by atoms with Gasteiger partial charge in [0.2, 0.25) is 0 Å². The van der Waals surface area contributed by atoms with E-state index in [2.05, 4.69) is 48.1 Å². The van der Waals surface area contributed by atoms with Gasteiger partial charge in [-0.05, 0) is 45.2 Å². The van der Waals surface area contributed by atoms with Gasteiger partial charge in [0.05, 0.1) is 11.4 Å². The average molecular weight is 270 g/mol. The lowest BCUT2D eigenvalue weighted by atomic mass is 9.96. The molecule has 1 unspecified atom stereocenters. The molecule has 1 aliphatic heterocycles. The first-order chi connectivity index (χ1) is 9.63. The molecule has 0 saturated carbocycles. The highest BCUT2D eigenvalue weighted by molar-refractivity contribution is 5.76. The number of fused-ring (bicyclic) bond motifs is 1. The van der Waals surface area contributed by atoms with Gasteiger partial charge in [0.1, 0.15) is 0 Å². The zero-order valence-corrected chi connectivity index (χ0v) is 12.4. The molecule has 4 nitrogen and oxygen atoms in total. The Bertz CT molecular complexity index is 629. The van der Waals surface area contributed by atoms with Crippen molar-refractivity contribution in [2.24, 2.45) is 0 Å². The van der Waals surface area contributed by atoms with Crippen LogP contribution >= 0.6 is 0 Å². The van der Waals surface area contributed by atoms with E-state index in [1.165, 1.54) is 11.3 Å². The maximum atomic E-state index is 6.30. The van der Waals surface area contributed by atoms with Gasteiger partial charge >= 0.3 is 0 Å². The standard InChI is InChI=1S/C16H22N4/c1-4-19-16(15(17)12(3)18-19)20-11(2)9-10-13-7-5-6-8-14(13)20/h5-8,11H,4,9-10,17H2,1-3H3. The first-order valence-corrected chi connectivity index (χ1v) is 7.33. The molecule has 1 aliphatic rings. The summed E-state index contributed by atoms with van der Waals surface area (Å²) in [6.07, 6.45) is 2.28. The summed E-state index contributed by atoms with van der Waals surface area (Å²) in [5.74, 6) is 1.05. The van der Waals surface area contributed by atoms with Gasteiger partial charge < -0.3 is 10.6 Å². The zero-order valence-electron chi connectivity index (χ0n) is 12.4. The van der Waals surface area contributed by atoms with Crippen molar-refractivity contribution in [3.8, 4) is 0 Å². The predicted molar refractivity (Wildman–Crippen MR) is 83.4 cm³/mol. The molecule has 2 heterocycles. The van der Waals surface area contributed by atoms with Gasteiger partial charge in [-0.3, -0.25) is 0 Å². The molecular formula is C16H22N4. The quantitative estimate of drug-likeness (QED) is 0.911. The van der Waals surface area contributed by atoms with E-state index in [0.29, 0.717) is 6.04 Å². The third-order valence-electron chi connectivity index (χ3n) is 4.20. The van der Waals surface area contributed by atoms with E-state index >= 15 is 0 Å². The van der Waals surface area contributed by atoms with E-state index in [-0.39, 0.29) is 0 Å². The number of aryl methyl sites for hydroxylation is 3. The van der Waals surface area contributed by atoms with Crippen molar-refractivity contribution in [3.63, 3.8) is 0 Å². The van der Waals surface area contributed by atoms with Crippen molar-refractivity contribution < 1.29 is 0 Å². The van der Waals surface area contributed by atoms with Gasteiger partial charge in [-0.25, -0.2) is 4.68 Å². The first kappa shape index (κ1) is 13.0. The SMILES string of the molecule is CCn1nc(C)c(N)c1N1c2ccccc2CCC1C. The smallest absolute Gasteiger partial charge is 0.155 e. The van der Waals surface area contributed by atoms with E-state index in [4.69, 9.17) is 5.73 Å². The lowest BCUT2D eigenvalue weighted by Crippen LogP contribution is -2.35. The zero-order chi connectivity index (χ0) is 14.3. The van der Waals surface area contributed by atoms with Crippen LogP contribution in [0, 0.1) is 6.92 Å². The second kappa shape index (κ2) is 4.85. The van der Waals surface area contributed by atoms with Crippen molar-refractivity contribution in [1.29, 1.82) is 0 Å². The fourth-order valence-corrected chi connectivity index (χ4v) is 3.07. The molecule has 20 heavy (non-hydrogen) atoms. The number of rotatable bonds is 2. The molecule has 106 valence electrons. The third kappa shape index (κ3) is 1.87. The molecule has 0 radical (unpaired) electrons. The minimum atomic E-state index is 0.439. The normalized spacial score (nSPS) is 18.1. The van der Waals surface area contributed by atoms with Crippen molar-refractivity contribution in [1.82, 2.24) is 9.78 Å². The van der Waals surface area contributed by atoms with Gasteiger partial charge in [-0.15, -0.1) is 0 Å². The number of benzene rings is 1. The fourth-order valence-electron chi connectivity index (χ4n) is 3.07. The lowest BCUT2D eigenvalue weighted by Gasteiger charge is -2.37. The van der Waals surface area contributed by atoms with Crippen molar-refractivity contribution in [2.45, 2.75) is 46.2 Å². The monoisotopic (exact) mass is 270 g/mol. The van der Waals surface area contributed by atoms with Crippen LogP contribution in [-0.2, 0) is 13.0 Å². The number of anilines is 3. The molecule has 0 amide bonds. The molecule has 4 heteroatoms. The summed E-state index contributed by atoms with van der Waals surface area (Å²) >= 11 is 0. The highest BCUT2D eigenvalue weighted by Gasteiger charge is 2.28. The van der Waals surface area contributed by atoms with Crippen LogP contribution in [0.3, 0.4) is 0 Å². The molecule has 2 N–H and O–H groups in total. The molecule has 1 aromatic heterocycles. The van der Waals surface area contributed by atoms with Gasteiger partial charge in [0, 0.05) is 18.3 Å². The minimum Gasteiger partial charge on any atom is -0.394 e. The summed E-state index contributed by atoms with van der Waals surface area (Å²) in [4.78, 5) is 2.36. The fraction of sp³-hybridized carbons (Fsp3) is 0.438. The second-order valence-corrected chi connectivity index (χ2v) is 5.52. The molecule has 3 rings (SSSR count). The molecular weight excluding hydrogens is 248 g/mol. The molecule has 0 saturated heterocycles. The number of aromatic nitrogens is 2. The number of hydrogen-bond donors (Lipinski definition) is 1. The summed E-state index contributed by atoms with van der Waals surface area (Å²) in [6, 6.07) is 9.04. The highest BCUT2D eigenvalue weighted by Crippen LogP contribution is 2.40. The second-order valence-electron chi connectivity index (χ2n) is 5.52. The van der Waals surface area contributed by atoms with Crippen molar-refractivity contribution in [3.05, 3.63) is 35.5 Å². The van der Waals surface area contributed by atoms with Gasteiger partial charge in [-0.2, -0.15) is 5.10 Å². The Labute approximate surface area is 120 Å². The van der Waals surface area contributed by atoms with Crippen LogP contribution in [0.15, 0.2) is 24.3 Å². The Morgan fingerprint density at radius 1 is 1.35 bits per heavy atom. The van der Waals surface area contributed by atoms with Crippen LogP contribution in [0.2, 0.25) is 0 Å². The van der Waals surface area contributed by atoms with Gasteiger partial charge in [-0.1, -0.05) is 18.2 Å². The summed E-state index contributed by atoms with van der Waals surface area (Å²) in [7, 11) is 0. The molecule has 1 atom stereocenters. The van der Waals surface area contributed by atoms with Crippen LogP contribution < -0.4 is 10.6 Å². The molecule has 0 aliphatic carbocycles. The number of nitrogens with zero attached hydrogens (tertiary/aromatic N) is 3. The Morgan fingerprint density at radius 2 is 2.10 bits per heavy atom. The minimum absolute atomic E-state index is 0.439. The molecule has 0 fully saturated rings. The summed E-state index contributed by atoms with van der Waals surface area (Å²) in [6.45, 7) is 7.18. The van der Waals surface area contributed by atoms with Crippen LogP contribution in [0.4, 0.5) is 17.2 Å². The topological polar surface area (TPSA) is 47.1 Å². The van der Waals surface area contributed by atoms with E-state index in [0.717, 1.165) is 36.6 Å². The Hall–Kier alpha value is -1.97. The summed E-state index contributed by atoms with van der Waals surface area (Å²) < 4.78 is 2.02. The number of nitrogen functional groups attached to an aromatic ring is 1. The Morgan fingerprint density at radius 3 is 2.85 bits per heavy atom. The predicted octanol–water partition coefficient (Wildman–Crippen LogP) is 3.27. The first-order valence-electron chi connectivity index (χ1n) is 7.33. The number of para-hydroxylation sites is 1. The highest BCUT2D eigenvalue weighted by atomic mass is 15.4. The maximum Gasteiger partial charge on any atom is 0.155 e. The number of hydrogen-bond acceptors (Lipinski definition) is 3. The largest absolute Gasteiger partial charge is 0.394 e. The third-order valence-corrected chi connectivity index (χ3v) is 4.20. The Balaban J connectivity index is 2.19.